The maximum atomic E-state index is 12.4. The summed E-state index contributed by atoms with van der Waals surface area (Å²) in [6, 6.07) is 5.98. The first-order valence-electron chi connectivity index (χ1n) is 7.34. The van der Waals surface area contributed by atoms with Crippen LogP contribution in [0.5, 0.6) is 0 Å². The predicted molar refractivity (Wildman–Crippen MR) is 92.7 cm³/mol. The van der Waals surface area contributed by atoms with Crippen molar-refractivity contribution in [1.82, 2.24) is 20.1 Å². The molecule has 1 atom stereocenters. The molecule has 0 spiro atoms. The van der Waals surface area contributed by atoms with E-state index in [-0.39, 0.29) is 18.5 Å². The van der Waals surface area contributed by atoms with Crippen LogP contribution in [-0.2, 0) is 17.8 Å². The van der Waals surface area contributed by atoms with Gasteiger partial charge in [-0.05, 0) is 31.4 Å². The molecule has 5 nitrogen and oxygen atoms in total. The van der Waals surface area contributed by atoms with E-state index in [0.717, 1.165) is 22.8 Å². The largest absolute Gasteiger partial charge is 0.345 e. The van der Waals surface area contributed by atoms with Crippen molar-refractivity contribution in [1.29, 1.82) is 0 Å². The van der Waals surface area contributed by atoms with Gasteiger partial charge in [0.25, 0.3) is 0 Å². The first kappa shape index (κ1) is 15.9. The van der Waals surface area contributed by atoms with Crippen molar-refractivity contribution < 1.29 is 4.79 Å². The Morgan fingerprint density at radius 1 is 1.35 bits per heavy atom. The molecule has 0 saturated heterocycles. The Bertz CT molecular complexity index is 762. The molecule has 3 heterocycles. The van der Waals surface area contributed by atoms with Gasteiger partial charge < -0.3 is 5.32 Å². The summed E-state index contributed by atoms with van der Waals surface area (Å²) in [6.07, 6.45) is 2.53. The van der Waals surface area contributed by atoms with Crippen LogP contribution in [0.4, 0.5) is 0 Å². The number of thiophene rings is 1. The number of hydrogen-bond donors (Lipinski definition) is 1. The summed E-state index contributed by atoms with van der Waals surface area (Å²) in [7, 11) is 0. The standard InChI is InChI=1S/C16H18N4OS2/c1-11-8-12(2)20(19-11)10-15(21)18-14(16-17-5-7-23-16)9-13-4-3-6-22-13/h3-8,14H,9-10H2,1-2H3,(H,18,21). The van der Waals surface area contributed by atoms with Gasteiger partial charge in [-0.3, -0.25) is 9.48 Å². The van der Waals surface area contributed by atoms with Crippen molar-refractivity contribution in [3.63, 3.8) is 0 Å². The number of nitrogens with zero attached hydrogens (tertiary/aromatic N) is 3. The Morgan fingerprint density at radius 2 is 2.22 bits per heavy atom. The van der Waals surface area contributed by atoms with E-state index in [4.69, 9.17) is 0 Å². The average molecular weight is 346 g/mol. The lowest BCUT2D eigenvalue weighted by atomic mass is 10.2. The van der Waals surface area contributed by atoms with E-state index in [0.29, 0.717) is 0 Å². The van der Waals surface area contributed by atoms with Crippen LogP contribution in [0.25, 0.3) is 0 Å². The smallest absolute Gasteiger partial charge is 0.242 e. The fraction of sp³-hybridized carbons (Fsp3) is 0.312. The predicted octanol–water partition coefficient (Wildman–Crippen LogP) is 3.12. The minimum atomic E-state index is -0.0990. The summed E-state index contributed by atoms with van der Waals surface area (Å²) in [5.41, 5.74) is 1.91. The van der Waals surface area contributed by atoms with E-state index in [9.17, 15) is 4.79 Å². The highest BCUT2D eigenvalue weighted by molar-refractivity contribution is 7.10. The number of amides is 1. The minimum Gasteiger partial charge on any atom is -0.345 e. The molecule has 7 heteroatoms. The fourth-order valence-corrected chi connectivity index (χ4v) is 3.89. The number of hydrogen-bond acceptors (Lipinski definition) is 5. The Kier molecular flexibility index (Phi) is 4.88. The van der Waals surface area contributed by atoms with E-state index in [2.05, 4.69) is 21.5 Å². The van der Waals surface area contributed by atoms with Gasteiger partial charge in [-0.15, -0.1) is 22.7 Å². The van der Waals surface area contributed by atoms with E-state index < -0.39 is 0 Å². The number of thiazole rings is 1. The van der Waals surface area contributed by atoms with Crippen LogP contribution in [0.3, 0.4) is 0 Å². The fourth-order valence-electron chi connectivity index (χ4n) is 2.45. The average Bonchev–Trinajstić information content (AvgIpc) is 3.22. The first-order valence-corrected chi connectivity index (χ1v) is 9.10. The van der Waals surface area contributed by atoms with E-state index in [1.165, 1.54) is 4.88 Å². The number of nitrogens with one attached hydrogen (secondary N) is 1. The molecule has 3 aromatic heterocycles. The molecule has 0 fully saturated rings. The van der Waals surface area contributed by atoms with Gasteiger partial charge in [0.2, 0.25) is 5.91 Å². The highest BCUT2D eigenvalue weighted by Crippen LogP contribution is 2.23. The highest BCUT2D eigenvalue weighted by atomic mass is 32.1. The summed E-state index contributed by atoms with van der Waals surface area (Å²) in [5, 5.41) is 12.4. The van der Waals surface area contributed by atoms with E-state index in [1.54, 1.807) is 33.6 Å². The third-order valence-corrected chi connectivity index (χ3v) is 5.25. The van der Waals surface area contributed by atoms with Crippen molar-refractivity contribution in [3.05, 3.63) is 56.4 Å². The number of carbonyl (C=O) groups excluding carboxylic acids is 1. The van der Waals surface area contributed by atoms with Gasteiger partial charge in [0.1, 0.15) is 11.6 Å². The molecule has 3 aromatic rings. The maximum absolute atomic E-state index is 12.4. The van der Waals surface area contributed by atoms with Crippen LogP contribution >= 0.6 is 22.7 Å². The van der Waals surface area contributed by atoms with Gasteiger partial charge in [0, 0.05) is 28.6 Å². The van der Waals surface area contributed by atoms with Crippen molar-refractivity contribution in [2.75, 3.05) is 0 Å². The molecular formula is C16H18N4OS2. The number of aromatic nitrogens is 3. The van der Waals surface area contributed by atoms with Crippen molar-refractivity contribution in [2.45, 2.75) is 32.9 Å². The Hall–Kier alpha value is -1.99. The van der Waals surface area contributed by atoms with Crippen LogP contribution in [0.15, 0.2) is 35.2 Å². The van der Waals surface area contributed by atoms with Gasteiger partial charge in [-0.25, -0.2) is 4.98 Å². The zero-order chi connectivity index (χ0) is 16.2. The molecule has 0 aliphatic heterocycles. The van der Waals surface area contributed by atoms with Crippen LogP contribution in [0.2, 0.25) is 0 Å². The quantitative estimate of drug-likeness (QED) is 0.746. The molecule has 3 rings (SSSR count). The van der Waals surface area contributed by atoms with Crippen LogP contribution in [-0.4, -0.2) is 20.7 Å². The van der Waals surface area contributed by atoms with Gasteiger partial charge >= 0.3 is 0 Å². The second-order valence-corrected chi connectivity index (χ2v) is 7.32. The molecule has 0 aliphatic rings. The lowest BCUT2D eigenvalue weighted by Gasteiger charge is -2.16. The molecule has 0 bridgehead atoms. The molecule has 23 heavy (non-hydrogen) atoms. The molecule has 1 N–H and O–H groups in total. The van der Waals surface area contributed by atoms with E-state index >= 15 is 0 Å². The molecule has 0 saturated carbocycles. The zero-order valence-electron chi connectivity index (χ0n) is 13.0. The molecular weight excluding hydrogens is 328 g/mol. The van der Waals surface area contributed by atoms with Gasteiger partial charge in [-0.1, -0.05) is 6.07 Å². The molecule has 0 aliphatic carbocycles. The lowest BCUT2D eigenvalue weighted by Crippen LogP contribution is -2.33. The summed E-state index contributed by atoms with van der Waals surface area (Å²) in [5.74, 6) is -0.0482. The normalized spacial score (nSPS) is 12.3. The topological polar surface area (TPSA) is 59.8 Å². The Labute approximate surface area is 143 Å². The second kappa shape index (κ2) is 7.06. The molecule has 0 aromatic carbocycles. The van der Waals surface area contributed by atoms with Crippen molar-refractivity contribution in [3.8, 4) is 0 Å². The highest BCUT2D eigenvalue weighted by Gasteiger charge is 2.19. The van der Waals surface area contributed by atoms with Crippen LogP contribution < -0.4 is 5.32 Å². The monoisotopic (exact) mass is 346 g/mol. The Balaban J connectivity index is 1.70. The second-order valence-electron chi connectivity index (χ2n) is 5.36. The molecule has 0 radical (unpaired) electrons. The first-order chi connectivity index (χ1) is 11.1. The zero-order valence-corrected chi connectivity index (χ0v) is 14.7. The number of aryl methyl sites for hydroxylation is 2. The SMILES string of the molecule is Cc1cc(C)n(CC(=O)NC(Cc2cccs2)c2nccs2)n1. The summed E-state index contributed by atoms with van der Waals surface area (Å²) < 4.78 is 1.73. The summed E-state index contributed by atoms with van der Waals surface area (Å²) >= 11 is 3.26. The third-order valence-electron chi connectivity index (χ3n) is 3.47. The van der Waals surface area contributed by atoms with Crippen molar-refractivity contribution in [2.24, 2.45) is 0 Å². The minimum absolute atomic E-state index is 0.0482. The summed E-state index contributed by atoms with van der Waals surface area (Å²) in [6.45, 7) is 4.11. The molecule has 120 valence electrons. The van der Waals surface area contributed by atoms with Crippen molar-refractivity contribution >= 4 is 28.6 Å². The number of rotatable bonds is 6. The van der Waals surface area contributed by atoms with E-state index in [1.807, 2.05) is 36.7 Å². The molecule has 1 amide bonds. The van der Waals surface area contributed by atoms with Crippen LogP contribution in [0, 0.1) is 13.8 Å². The molecule has 1 unspecified atom stereocenters. The Morgan fingerprint density at radius 3 is 2.83 bits per heavy atom. The maximum Gasteiger partial charge on any atom is 0.242 e. The van der Waals surface area contributed by atoms with Gasteiger partial charge in [-0.2, -0.15) is 5.10 Å². The van der Waals surface area contributed by atoms with Crippen LogP contribution in [0.1, 0.15) is 27.3 Å². The number of carbonyl (C=O) groups is 1. The van der Waals surface area contributed by atoms with Gasteiger partial charge in [0.05, 0.1) is 11.7 Å². The van der Waals surface area contributed by atoms with Gasteiger partial charge in [0.15, 0.2) is 0 Å². The third kappa shape index (κ3) is 4.05. The summed E-state index contributed by atoms with van der Waals surface area (Å²) in [4.78, 5) is 18.0. The lowest BCUT2D eigenvalue weighted by molar-refractivity contribution is -0.122.